The van der Waals surface area contributed by atoms with Gasteiger partial charge in [-0.2, -0.15) is 0 Å². The molecular weight excluding hydrogens is 274 g/mol. The van der Waals surface area contributed by atoms with Gasteiger partial charge in [-0.25, -0.2) is 4.79 Å². The number of nitrogens with one attached hydrogen (secondary N) is 1. The fourth-order valence-corrected chi connectivity index (χ4v) is 2.97. The summed E-state index contributed by atoms with van der Waals surface area (Å²) in [6.07, 6.45) is 2.34. The number of benzene rings is 1. The number of aryl methyl sites for hydroxylation is 2. The van der Waals surface area contributed by atoms with Crippen molar-refractivity contribution in [2.24, 2.45) is 0 Å². The van der Waals surface area contributed by atoms with E-state index in [4.69, 9.17) is 0 Å². The van der Waals surface area contributed by atoms with Crippen LogP contribution in [0.25, 0.3) is 0 Å². The molecule has 1 saturated heterocycles. The lowest BCUT2D eigenvalue weighted by Crippen LogP contribution is -2.62. The van der Waals surface area contributed by atoms with Crippen molar-refractivity contribution in [3.63, 3.8) is 0 Å². The van der Waals surface area contributed by atoms with Crippen LogP contribution in [-0.4, -0.2) is 48.1 Å². The van der Waals surface area contributed by atoms with Crippen LogP contribution >= 0.6 is 0 Å². The number of anilines is 1. The van der Waals surface area contributed by atoms with Crippen molar-refractivity contribution in [3.05, 3.63) is 29.3 Å². The summed E-state index contributed by atoms with van der Waals surface area (Å²) < 4.78 is 0. The van der Waals surface area contributed by atoms with Crippen LogP contribution in [0.5, 0.6) is 0 Å². The monoisotopic (exact) mass is 303 g/mol. The molecule has 0 aromatic heterocycles. The van der Waals surface area contributed by atoms with E-state index in [-0.39, 0.29) is 6.03 Å². The largest absolute Gasteiger partial charge is 0.321 e. The average Bonchev–Trinajstić information content (AvgIpc) is 2.42. The van der Waals surface area contributed by atoms with E-state index in [2.05, 4.69) is 30.1 Å². The molecule has 1 aliphatic heterocycles. The lowest BCUT2D eigenvalue weighted by molar-refractivity contribution is 0.0614. The van der Waals surface area contributed by atoms with E-state index < -0.39 is 0 Å². The summed E-state index contributed by atoms with van der Waals surface area (Å²) in [4.78, 5) is 16.8. The minimum atomic E-state index is 0.0258. The molecular formula is C18H29N3O. The quantitative estimate of drug-likeness (QED) is 0.871. The number of amides is 2. The molecule has 1 aliphatic rings. The van der Waals surface area contributed by atoms with E-state index in [0.717, 1.165) is 37.4 Å². The Hall–Kier alpha value is -1.55. The first-order valence-corrected chi connectivity index (χ1v) is 8.42. The number of nitrogens with zero attached hydrogens (tertiary/aromatic N) is 2. The SMILES string of the molecule is CCCN(CCC)C1CN(C(=O)Nc2cc(C)ccc2C)C1. The molecule has 0 saturated carbocycles. The van der Waals surface area contributed by atoms with Gasteiger partial charge in [0.2, 0.25) is 0 Å². The Kier molecular flexibility index (Phi) is 5.83. The van der Waals surface area contributed by atoms with Gasteiger partial charge in [0.05, 0.1) is 0 Å². The molecule has 0 bridgehead atoms. The molecule has 0 atom stereocenters. The second kappa shape index (κ2) is 7.63. The first-order valence-electron chi connectivity index (χ1n) is 8.42. The molecule has 122 valence electrons. The molecule has 1 aromatic carbocycles. The molecule has 2 rings (SSSR count). The van der Waals surface area contributed by atoms with Crippen LogP contribution in [0.2, 0.25) is 0 Å². The van der Waals surface area contributed by atoms with Crippen LogP contribution in [0, 0.1) is 13.8 Å². The highest BCUT2D eigenvalue weighted by Crippen LogP contribution is 2.20. The number of carbonyl (C=O) groups is 1. The third-order valence-corrected chi connectivity index (χ3v) is 4.32. The molecule has 4 heteroatoms. The number of hydrogen-bond acceptors (Lipinski definition) is 2. The zero-order valence-corrected chi connectivity index (χ0v) is 14.4. The fourth-order valence-electron chi connectivity index (χ4n) is 2.97. The Bertz CT molecular complexity index is 503. The zero-order chi connectivity index (χ0) is 16.1. The van der Waals surface area contributed by atoms with Crippen molar-refractivity contribution in [3.8, 4) is 0 Å². The van der Waals surface area contributed by atoms with Crippen LogP contribution in [-0.2, 0) is 0 Å². The molecule has 2 amide bonds. The van der Waals surface area contributed by atoms with Crippen LogP contribution in [0.1, 0.15) is 37.8 Å². The van der Waals surface area contributed by atoms with Crippen LogP contribution in [0.3, 0.4) is 0 Å². The van der Waals surface area contributed by atoms with E-state index in [1.807, 2.05) is 30.9 Å². The molecule has 0 aliphatic carbocycles. The van der Waals surface area contributed by atoms with E-state index in [1.165, 1.54) is 18.4 Å². The molecule has 1 aromatic rings. The predicted molar refractivity (Wildman–Crippen MR) is 92.5 cm³/mol. The van der Waals surface area contributed by atoms with Gasteiger partial charge < -0.3 is 10.2 Å². The Balaban J connectivity index is 1.87. The Labute approximate surface area is 134 Å². The summed E-state index contributed by atoms with van der Waals surface area (Å²) in [5, 5.41) is 3.04. The second-order valence-corrected chi connectivity index (χ2v) is 6.34. The standard InChI is InChI=1S/C18H29N3O/c1-5-9-20(10-6-2)16-12-21(13-16)18(22)19-17-11-14(3)7-8-15(17)4/h7-8,11,16H,5-6,9-10,12-13H2,1-4H3,(H,19,22). The highest BCUT2D eigenvalue weighted by molar-refractivity contribution is 5.90. The highest BCUT2D eigenvalue weighted by atomic mass is 16.2. The van der Waals surface area contributed by atoms with Gasteiger partial charge >= 0.3 is 6.03 Å². The maximum Gasteiger partial charge on any atom is 0.321 e. The van der Waals surface area contributed by atoms with Crippen molar-refractivity contribution >= 4 is 11.7 Å². The summed E-state index contributed by atoms with van der Waals surface area (Å²) in [5.41, 5.74) is 3.20. The summed E-state index contributed by atoms with van der Waals surface area (Å²) >= 11 is 0. The van der Waals surface area contributed by atoms with Crippen LogP contribution in [0.15, 0.2) is 18.2 Å². The minimum absolute atomic E-state index is 0.0258. The van der Waals surface area contributed by atoms with Crippen molar-refractivity contribution < 1.29 is 4.79 Å². The Morgan fingerprint density at radius 1 is 1.23 bits per heavy atom. The molecule has 4 nitrogen and oxygen atoms in total. The van der Waals surface area contributed by atoms with Crippen molar-refractivity contribution in [2.45, 2.75) is 46.6 Å². The predicted octanol–water partition coefficient (Wildman–Crippen LogP) is 3.64. The van der Waals surface area contributed by atoms with Gasteiger partial charge in [0.1, 0.15) is 0 Å². The summed E-state index contributed by atoms with van der Waals surface area (Å²) in [6.45, 7) is 12.4. The normalized spacial score (nSPS) is 15.0. The molecule has 1 fully saturated rings. The number of hydrogen-bond donors (Lipinski definition) is 1. The Morgan fingerprint density at radius 3 is 2.45 bits per heavy atom. The van der Waals surface area contributed by atoms with Crippen molar-refractivity contribution in [1.82, 2.24) is 9.80 Å². The van der Waals surface area contributed by atoms with Gasteiger partial charge in [-0.05, 0) is 57.0 Å². The van der Waals surface area contributed by atoms with Crippen LogP contribution in [0.4, 0.5) is 10.5 Å². The minimum Gasteiger partial charge on any atom is -0.321 e. The zero-order valence-electron chi connectivity index (χ0n) is 14.4. The van der Waals surface area contributed by atoms with E-state index in [0.29, 0.717) is 6.04 Å². The molecule has 1 N–H and O–H groups in total. The first-order chi connectivity index (χ1) is 10.5. The van der Waals surface area contributed by atoms with Gasteiger partial charge in [-0.1, -0.05) is 26.0 Å². The summed E-state index contributed by atoms with van der Waals surface area (Å²) in [5.74, 6) is 0. The van der Waals surface area contributed by atoms with E-state index >= 15 is 0 Å². The highest BCUT2D eigenvalue weighted by Gasteiger charge is 2.34. The van der Waals surface area contributed by atoms with Crippen molar-refractivity contribution in [1.29, 1.82) is 0 Å². The number of carbonyl (C=O) groups excluding carboxylic acids is 1. The van der Waals surface area contributed by atoms with Crippen LogP contribution < -0.4 is 5.32 Å². The average molecular weight is 303 g/mol. The maximum atomic E-state index is 12.3. The smallest absolute Gasteiger partial charge is 0.321 e. The Morgan fingerprint density at radius 2 is 1.86 bits per heavy atom. The number of likely N-dealkylation sites (tertiary alicyclic amines) is 1. The summed E-state index contributed by atoms with van der Waals surface area (Å²) in [7, 11) is 0. The second-order valence-electron chi connectivity index (χ2n) is 6.34. The van der Waals surface area contributed by atoms with Gasteiger partial charge in [0.25, 0.3) is 0 Å². The van der Waals surface area contributed by atoms with Gasteiger partial charge in [-0.3, -0.25) is 4.90 Å². The molecule has 1 heterocycles. The molecule has 0 spiro atoms. The van der Waals surface area contributed by atoms with Gasteiger partial charge in [0.15, 0.2) is 0 Å². The van der Waals surface area contributed by atoms with Gasteiger partial charge in [-0.15, -0.1) is 0 Å². The maximum absolute atomic E-state index is 12.3. The lowest BCUT2D eigenvalue weighted by atomic mass is 10.1. The summed E-state index contributed by atoms with van der Waals surface area (Å²) in [6, 6.07) is 6.71. The topological polar surface area (TPSA) is 35.6 Å². The van der Waals surface area contributed by atoms with Crippen molar-refractivity contribution in [2.75, 3.05) is 31.5 Å². The fraction of sp³-hybridized carbons (Fsp3) is 0.611. The van der Waals surface area contributed by atoms with Gasteiger partial charge in [0, 0.05) is 24.8 Å². The van der Waals surface area contributed by atoms with E-state index in [9.17, 15) is 4.79 Å². The van der Waals surface area contributed by atoms with E-state index in [1.54, 1.807) is 0 Å². The number of rotatable bonds is 6. The molecule has 22 heavy (non-hydrogen) atoms. The molecule has 0 radical (unpaired) electrons. The first kappa shape index (κ1) is 16.8. The lowest BCUT2D eigenvalue weighted by Gasteiger charge is -2.45. The third-order valence-electron chi connectivity index (χ3n) is 4.32. The number of urea groups is 1. The third kappa shape index (κ3) is 4.01. The molecule has 0 unspecified atom stereocenters.